The van der Waals surface area contributed by atoms with Gasteiger partial charge in [0.05, 0.1) is 20.0 Å². The van der Waals surface area contributed by atoms with Gasteiger partial charge in [-0.05, 0) is 48.0 Å². The first kappa shape index (κ1) is 27.4. The van der Waals surface area contributed by atoms with E-state index >= 15 is 0 Å². The maximum absolute atomic E-state index is 12.5. The lowest BCUT2D eigenvalue weighted by molar-refractivity contribution is -0.112. The molecule has 0 spiro atoms. The van der Waals surface area contributed by atoms with Gasteiger partial charge < -0.3 is 18.9 Å². The fraction of sp³-hybridized carbons (Fsp3) is 0.250. The number of methoxy groups -OCH3 is 2. The predicted octanol–water partition coefficient (Wildman–Crippen LogP) is 3.35. The van der Waals surface area contributed by atoms with Crippen LogP contribution in [0.15, 0.2) is 52.4 Å². The zero-order chi connectivity index (χ0) is 26.8. The normalized spacial score (nSPS) is 11.4. The van der Waals surface area contributed by atoms with Gasteiger partial charge in [0.2, 0.25) is 19.3 Å². The summed E-state index contributed by atoms with van der Waals surface area (Å²) in [5, 5.41) is 19.1. The molecule has 0 atom stereocenters. The van der Waals surface area contributed by atoms with Gasteiger partial charge in [-0.15, -0.1) is 10.2 Å². The third-order valence-electron chi connectivity index (χ3n) is 4.81. The second kappa shape index (κ2) is 12.7. The molecule has 1 aromatic heterocycles. The Morgan fingerprint density at radius 2 is 1.73 bits per heavy atom. The van der Waals surface area contributed by atoms with Crippen molar-refractivity contribution in [1.29, 1.82) is 5.26 Å². The van der Waals surface area contributed by atoms with Crippen LogP contribution in [0.4, 0.5) is 5.13 Å². The van der Waals surface area contributed by atoms with Crippen molar-refractivity contribution in [2.24, 2.45) is 0 Å². The van der Waals surface area contributed by atoms with E-state index < -0.39 is 15.7 Å². The van der Waals surface area contributed by atoms with Gasteiger partial charge in [-0.25, -0.2) is 8.42 Å². The van der Waals surface area contributed by atoms with Crippen molar-refractivity contribution < 1.29 is 32.2 Å². The molecule has 0 fully saturated rings. The number of carbonyl (C=O) groups is 1. The first-order chi connectivity index (χ1) is 17.8. The van der Waals surface area contributed by atoms with Crippen molar-refractivity contribution >= 4 is 38.3 Å². The summed E-state index contributed by atoms with van der Waals surface area (Å²) < 4.78 is 45.4. The summed E-state index contributed by atoms with van der Waals surface area (Å²) in [6, 6.07) is 13.9. The Kier molecular flexibility index (Phi) is 9.42. The highest BCUT2D eigenvalue weighted by molar-refractivity contribution is 7.93. The molecule has 0 aliphatic heterocycles. The second-order valence-corrected chi connectivity index (χ2v) is 10.6. The van der Waals surface area contributed by atoms with Crippen LogP contribution in [0.3, 0.4) is 0 Å². The number of carbonyl (C=O) groups excluding carboxylic acids is 1. The largest absolute Gasteiger partial charge is 0.497 e. The summed E-state index contributed by atoms with van der Waals surface area (Å²) in [4.78, 5) is 12.5. The molecule has 3 rings (SSSR count). The molecule has 0 bridgehead atoms. The Hall–Kier alpha value is -4.15. The number of benzene rings is 2. The molecule has 11 nitrogen and oxygen atoms in total. The van der Waals surface area contributed by atoms with E-state index in [-0.39, 0.29) is 27.4 Å². The molecule has 3 aromatic rings. The minimum absolute atomic E-state index is 0.0311. The molecule has 1 N–H and O–H groups in total. The van der Waals surface area contributed by atoms with E-state index in [9.17, 15) is 18.5 Å². The van der Waals surface area contributed by atoms with Crippen LogP contribution in [0.25, 0.3) is 6.08 Å². The number of nitrogens with zero attached hydrogens (tertiary/aromatic N) is 3. The fourth-order valence-electron chi connectivity index (χ4n) is 2.87. The van der Waals surface area contributed by atoms with Crippen molar-refractivity contribution in [3.8, 4) is 29.1 Å². The van der Waals surface area contributed by atoms with E-state index in [1.165, 1.54) is 20.1 Å². The van der Waals surface area contributed by atoms with Gasteiger partial charge in [0.15, 0.2) is 11.5 Å². The summed E-state index contributed by atoms with van der Waals surface area (Å²) >= 11 is 0.713. The number of ether oxygens (including phenoxy) is 4. The van der Waals surface area contributed by atoms with Crippen molar-refractivity contribution in [3.05, 3.63) is 53.6 Å². The molecule has 37 heavy (non-hydrogen) atoms. The molecule has 1 amide bonds. The number of hydrogen-bond donors (Lipinski definition) is 1. The summed E-state index contributed by atoms with van der Waals surface area (Å²) in [5.74, 6) is 1.37. The van der Waals surface area contributed by atoms with Gasteiger partial charge in [-0.2, -0.15) is 5.26 Å². The Balaban J connectivity index is 1.62. The lowest BCUT2D eigenvalue weighted by Gasteiger charge is -2.12. The zero-order valence-electron chi connectivity index (χ0n) is 20.3. The predicted molar refractivity (Wildman–Crippen MR) is 137 cm³/mol. The molecule has 194 valence electrons. The zero-order valence-corrected chi connectivity index (χ0v) is 21.9. The van der Waals surface area contributed by atoms with E-state index in [0.29, 0.717) is 40.8 Å². The van der Waals surface area contributed by atoms with Crippen LogP contribution in [0, 0.1) is 11.3 Å². The average molecular weight is 545 g/mol. The van der Waals surface area contributed by atoms with Gasteiger partial charge in [0.1, 0.15) is 36.4 Å². The highest BCUT2D eigenvalue weighted by atomic mass is 32.2. The number of aromatic nitrogens is 2. The number of rotatable bonds is 12. The Morgan fingerprint density at radius 1 is 1.03 bits per heavy atom. The standard InChI is InChI=1S/C24H24N4O7S2/c1-4-37(30,31)24-28-27-23(36-24)26-22(29)17(15-25)13-16-5-10-20(21(14-16)33-3)35-12-11-34-19-8-6-18(32-2)7-9-19/h5-10,13-14H,4,11-12H2,1-3H3,(H,26,27,29). The number of sulfone groups is 1. The van der Waals surface area contributed by atoms with Crippen LogP contribution in [-0.2, 0) is 14.6 Å². The van der Waals surface area contributed by atoms with Crippen molar-refractivity contribution in [2.45, 2.75) is 11.3 Å². The monoisotopic (exact) mass is 544 g/mol. The van der Waals surface area contributed by atoms with Gasteiger partial charge in [0.25, 0.3) is 5.91 Å². The molecule has 0 saturated carbocycles. The molecule has 13 heteroatoms. The van der Waals surface area contributed by atoms with Crippen molar-refractivity contribution in [3.63, 3.8) is 0 Å². The molecule has 0 aliphatic carbocycles. The summed E-state index contributed by atoms with van der Waals surface area (Å²) in [6.07, 6.45) is 1.36. The molecule has 2 aromatic carbocycles. The minimum Gasteiger partial charge on any atom is -0.497 e. The number of amides is 1. The van der Waals surface area contributed by atoms with Crippen LogP contribution in [0.2, 0.25) is 0 Å². The third kappa shape index (κ3) is 7.42. The highest BCUT2D eigenvalue weighted by Gasteiger charge is 2.20. The number of nitrogens with one attached hydrogen (secondary N) is 1. The van der Waals surface area contributed by atoms with Crippen LogP contribution in [-0.4, -0.2) is 57.7 Å². The lowest BCUT2D eigenvalue weighted by atomic mass is 10.1. The minimum atomic E-state index is -3.55. The van der Waals surface area contributed by atoms with Gasteiger partial charge >= 0.3 is 0 Å². The summed E-state index contributed by atoms with van der Waals surface area (Å²) in [5.41, 5.74) is 0.288. The van der Waals surface area contributed by atoms with E-state index in [0.717, 1.165) is 5.75 Å². The molecule has 0 aliphatic rings. The molecule has 1 heterocycles. The average Bonchev–Trinajstić information content (AvgIpc) is 3.39. The quantitative estimate of drug-likeness (QED) is 0.156. The smallest absolute Gasteiger partial charge is 0.268 e. The fourth-order valence-corrected chi connectivity index (χ4v) is 4.85. The Labute approximate surface area is 218 Å². The van der Waals surface area contributed by atoms with Gasteiger partial charge in [-0.3, -0.25) is 10.1 Å². The van der Waals surface area contributed by atoms with Gasteiger partial charge in [0, 0.05) is 0 Å². The van der Waals surface area contributed by atoms with E-state index in [1.807, 2.05) is 6.07 Å². The van der Waals surface area contributed by atoms with Crippen LogP contribution in [0.1, 0.15) is 12.5 Å². The van der Waals surface area contributed by atoms with Crippen LogP contribution >= 0.6 is 11.3 Å². The summed E-state index contributed by atoms with van der Waals surface area (Å²) in [6.45, 7) is 2.02. The Morgan fingerprint density at radius 3 is 2.38 bits per heavy atom. The maximum Gasteiger partial charge on any atom is 0.268 e. The van der Waals surface area contributed by atoms with E-state index in [2.05, 4.69) is 15.5 Å². The molecular formula is C24H24N4O7S2. The topological polar surface area (TPSA) is 150 Å². The lowest BCUT2D eigenvalue weighted by Crippen LogP contribution is -2.13. The van der Waals surface area contributed by atoms with Crippen molar-refractivity contribution in [2.75, 3.05) is 38.5 Å². The van der Waals surface area contributed by atoms with Crippen LogP contribution in [0.5, 0.6) is 23.0 Å². The molecule has 0 radical (unpaired) electrons. The summed E-state index contributed by atoms with van der Waals surface area (Å²) in [7, 11) is -0.487. The van der Waals surface area contributed by atoms with Gasteiger partial charge in [-0.1, -0.05) is 24.3 Å². The number of hydrogen-bond acceptors (Lipinski definition) is 11. The molecular weight excluding hydrogens is 520 g/mol. The van der Waals surface area contributed by atoms with E-state index in [1.54, 1.807) is 49.6 Å². The molecule has 0 saturated heterocycles. The van der Waals surface area contributed by atoms with Crippen molar-refractivity contribution in [1.82, 2.24) is 10.2 Å². The first-order valence-corrected chi connectivity index (χ1v) is 13.3. The van der Waals surface area contributed by atoms with E-state index in [4.69, 9.17) is 18.9 Å². The SMILES string of the molecule is CCS(=O)(=O)c1nnc(NC(=O)C(C#N)=Cc2ccc(OCCOc3ccc(OC)cc3)c(OC)c2)s1. The number of nitriles is 1. The Bertz CT molecular complexity index is 1410. The maximum atomic E-state index is 12.5. The second-order valence-electron chi connectivity index (χ2n) is 7.18. The third-order valence-corrected chi connectivity index (χ3v) is 7.82. The number of anilines is 1. The first-order valence-electron chi connectivity index (χ1n) is 10.9. The highest BCUT2D eigenvalue weighted by Crippen LogP contribution is 2.29. The van der Waals surface area contributed by atoms with Crippen LogP contribution < -0.4 is 24.3 Å². The molecule has 0 unspecified atom stereocenters.